The average Bonchev–Trinajstić information content (AvgIpc) is 2.62. The summed E-state index contributed by atoms with van der Waals surface area (Å²) in [7, 11) is 0. The zero-order valence-corrected chi connectivity index (χ0v) is 16.5. The summed E-state index contributed by atoms with van der Waals surface area (Å²) >= 11 is 0. The Kier molecular flexibility index (Phi) is 9.57. The number of nitrogens with zero attached hydrogens (tertiary/aromatic N) is 1. The molecule has 0 fully saturated rings. The maximum atomic E-state index is 8.41. The zero-order chi connectivity index (χ0) is 19.4. The molecule has 0 saturated carbocycles. The van der Waals surface area contributed by atoms with Gasteiger partial charge in [0, 0.05) is 5.39 Å². The third-order valence-electron chi connectivity index (χ3n) is 3.40. The molecule has 3 aromatic rings. The molecule has 0 heterocycles. The van der Waals surface area contributed by atoms with E-state index in [-0.39, 0.29) is 0 Å². The highest BCUT2D eigenvalue weighted by atomic mass is 16.5. The van der Waals surface area contributed by atoms with Gasteiger partial charge in [-0.15, -0.1) is 5.26 Å². The predicted octanol–water partition coefficient (Wildman–Crippen LogP) is 6.92. The van der Waals surface area contributed by atoms with E-state index in [0.717, 1.165) is 23.1 Å². The Morgan fingerprint density at radius 3 is 2.12 bits per heavy atom. The number of hydrogen-bond donors (Lipinski definition) is 0. The number of nitriles is 1. The van der Waals surface area contributed by atoms with Crippen molar-refractivity contribution in [2.75, 3.05) is 0 Å². The molecule has 2 heteroatoms. The first-order chi connectivity index (χ1) is 12.5. The Morgan fingerprint density at radius 2 is 1.54 bits per heavy atom. The van der Waals surface area contributed by atoms with Gasteiger partial charge in [-0.25, -0.2) is 0 Å². The van der Waals surface area contributed by atoms with Crippen LogP contribution in [-0.4, -0.2) is 0 Å². The van der Waals surface area contributed by atoms with Crippen molar-refractivity contribution in [1.29, 1.82) is 5.26 Å². The van der Waals surface area contributed by atoms with Crippen LogP contribution in [0.25, 0.3) is 10.8 Å². The van der Waals surface area contributed by atoms with E-state index >= 15 is 0 Å². The molecule has 3 rings (SSSR count). The van der Waals surface area contributed by atoms with Gasteiger partial charge in [0.1, 0.15) is 5.75 Å². The molecule has 0 aliphatic carbocycles. The summed E-state index contributed by atoms with van der Waals surface area (Å²) in [5.74, 6) is 1.44. The molecule has 0 aromatic heterocycles. The highest BCUT2D eigenvalue weighted by Crippen LogP contribution is 2.24. The van der Waals surface area contributed by atoms with Gasteiger partial charge in [-0.05, 0) is 36.3 Å². The van der Waals surface area contributed by atoms with Crippen LogP contribution < -0.4 is 4.74 Å². The molecule has 0 spiro atoms. The topological polar surface area (TPSA) is 33.0 Å². The molecular formula is C24H29NO. The molecule has 136 valence electrons. The maximum Gasteiger partial charge on any atom is 0.292 e. The second kappa shape index (κ2) is 11.7. The van der Waals surface area contributed by atoms with E-state index in [1.54, 1.807) is 12.3 Å². The van der Waals surface area contributed by atoms with Crippen LogP contribution in [0.3, 0.4) is 0 Å². The largest absolute Gasteiger partial charge is 0.387 e. The van der Waals surface area contributed by atoms with Crippen molar-refractivity contribution >= 4 is 10.8 Å². The lowest BCUT2D eigenvalue weighted by Crippen LogP contribution is -1.82. The van der Waals surface area contributed by atoms with Gasteiger partial charge in [0.05, 0.1) is 0 Å². The van der Waals surface area contributed by atoms with E-state index in [2.05, 4.69) is 58.9 Å². The third-order valence-corrected chi connectivity index (χ3v) is 3.40. The van der Waals surface area contributed by atoms with Crippen LogP contribution in [0.2, 0.25) is 0 Å². The fourth-order valence-electron chi connectivity index (χ4n) is 2.27. The molecule has 0 N–H and O–H groups in total. The number of aryl methyl sites for hydroxylation is 2. The van der Waals surface area contributed by atoms with Gasteiger partial charge in [0.15, 0.2) is 0 Å². The normalized spacial score (nSPS) is 9.42. The number of rotatable bonds is 2. The molecule has 0 unspecified atom stereocenters. The highest BCUT2D eigenvalue weighted by Gasteiger charge is 1.99. The quantitative estimate of drug-likeness (QED) is 0.471. The van der Waals surface area contributed by atoms with E-state index < -0.39 is 0 Å². The first kappa shape index (κ1) is 21.3. The molecule has 0 aliphatic heterocycles. The van der Waals surface area contributed by atoms with Gasteiger partial charge in [0.2, 0.25) is 0 Å². The summed E-state index contributed by atoms with van der Waals surface area (Å²) in [6.07, 6.45) is 2.82. The molecule has 0 radical (unpaired) electrons. The van der Waals surface area contributed by atoms with Gasteiger partial charge in [0.25, 0.3) is 6.26 Å². The SMILES string of the molecule is CC(C)C.CCc1cccc(C)c1.N#COc1cccc2ccccc12. The van der Waals surface area contributed by atoms with Crippen molar-refractivity contribution in [3.63, 3.8) is 0 Å². The standard InChI is InChI=1S/C11H7NO.C9H12.C4H10/c12-8-13-11-7-3-5-9-4-1-2-6-10(9)11;1-3-9-6-4-5-8(2)7-9;1-4(2)3/h1-7H;4-7H,3H2,1-2H3;4H,1-3H3. The molecule has 0 atom stereocenters. The molecule has 26 heavy (non-hydrogen) atoms. The van der Waals surface area contributed by atoms with E-state index in [4.69, 9.17) is 10.00 Å². The minimum absolute atomic E-state index is 0.612. The van der Waals surface area contributed by atoms with Crippen molar-refractivity contribution in [3.8, 4) is 12.0 Å². The lowest BCUT2D eigenvalue weighted by Gasteiger charge is -2.00. The van der Waals surface area contributed by atoms with Gasteiger partial charge in [-0.3, -0.25) is 0 Å². The van der Waals surface area contributed by atoms with Crippen LogP contribution in [0.1, 0.15) is 38.8 Å². The summed E-state index contributed by atoms with van der Waals surface area (Å²) < 4.78 is 4.82. The Morgan fingerprint density at radius 1 is 0.923 bits per heavy atom. The van der Waals surface area contributed by atoms with Crippen molar-refractivity contribution in [3.05, 3.63) is 77.9 Å². The maximum absolute atomic E-state index is 8.41. The highest BCUT2D eigenvalue weighted by molar-refractivity contribution is 5.88. The second-order valence-electron chi connectivity index (χ2n) is 6.75. The molecule has 3 aromatic carbocycles. The van der Waals surface area contributed by atoms with Gasteiger partial charge >= 0.3 is 0 Å². The van der Waals surface area contributed by atoms with Crippen LogP contribution in [-0.2, 0) is 6.42 Å². The second-order valence-corrected chi connectivity index (χ2v) is 6.75. The third kappa shape index (κ3) is 7.85. The Bertz CT molecular complexity index is 823. The average molecular weight is 348 g/mol. The fraction of sp³-hybridized carbons (Fsp3) is 0.292. The van der Waals surface area contributed by atoms with Crippen molar-refractivity contribution < 1.29 is 4.74 Å². The molecule has 0 bridgehead atoms. The first-order valence-corrected chi connectivity index (χ1v) is 9.07. The summed E-state index contributed by atoms with van der Waals surface area (Å²) in [6.45, 7) is 10.8. The summed E-state index contributed by atoms with van der Waals surface area (Å²) in [5.41, 5.74) is 2.78. The predicted molar refractivity (Wildman–Crippen MR) is 111 cm³/mol. The van der Waals surface area contributed by atoms with E-state index in [1.165, 1.54) is 11.1 Å². The summed E-state index contributed by atoms with van der Waals surface area (Å²) in [5, 5.41) is 10.5. The Hall–Kier alpha value is -2.79. The lowest BCUT2D eigenvalue weighted by atomic mass is 10.1. The number of ether oxygens (including phenoxy) is 1. The number of benzene rings is 3. The van der Waals surface area contributed by atoms with Crippen LogP contribution in [0.15, 0.2) is 66.7 Å². The van der Waals surface area contributed by atoms with E-state index in [1.807, 2.05) is 36.4 Å². The summed E-state index contributed by atoms with van der Waals surface area (Å²) in [6, 6.07) is 22.0. The number of hydrogen-bond acceptors (Lipinski definition) is 2. The van der Waals surface area contributed by atoms with Crippen LogP contribution in [0.4, 0.5) is 0 Å². The van der Waals surface area contributed by atoms with Gasteiger partial charge in [-0.1, -0.05) is 93.9 Å². The Labute approximate surface area is 158 Å². The smallest absolute Gasteiger partial charge is 0.292 e. The van der Waals surface area contributed by atoms with Crippen molar-refractivity contribution in [2.45, 2.75) is 41.0 Å². The van der Waals surface area contributed by atoms with Gasteiger partial charge in [-0.2, -0.15) is 0 Å². The van der Waals surface area contributed by atoms with Crippen LogP contribution in [0.5, 0.6) is 5.75 Å². The van der Waals surface area contributed by atoms with Crippen LogP contribution in [0, 0.1) is 24.4 Å². The zero-order valence-electron chi connectivity index (χ0n) is 16.5. The molecular weight excluding hydrogens is 318 g/mol. The minimum Gasteiger partial charge on any atom is -0.387 e. The van der Waals surface area contributed by atoms with Crippen molar-refractivity contribution in [1.82, 2.24) is 0 Å². The number of fused-ring (bicyclic) bond motifs is 1. The fourth-order valence-corrected chi connectivity index (χ4v) is 2.27. The minimum atomic E-state index is 0.612. The van der Waals surface area contributed by atoms with Crippen molar-refractivity contribution in [2.24, 2.45) is 5.92 Å². The first-order valence-electron chi connectivity index (χ1n) is 9.07. The van der Waals surface area contributed by atoms with Gasteiger partial charge < -0.3 is 4.74 Å². The van der Waals surface area contributed by atoms with E-state index in [0.29, 0.717) is 5.75 Å². The van der Waals surface area contributed by atoms with Crippen LogP contribution >= 0.6 is 0 Å². The van der Waals surface area contributed by atoms with E-state index in [9.17, 15) is 0 Å². The molecule has 2 nitrogen and oxygen atoms in total. The Balaban J connectivity index is 0.000000227. The molecule has 0 saturated heterocycles. The lowest BCUT2D eigenvalue weighted by molar-refractivity contribution is 0.513. The monoisotopic (exact) mass is 347 g/mol. The molecule has 0 amide bonds. The summed E-state index contributed by atoms with van der Waals surface area (Å²) in [4.78, 5) is 0. The molecule has 0 aliphatic rings.